The van der Waals surface area contributed by atoms with E-state index in [1.807, 2.05) is 0 Å². The van der Waals surface area contributed by atoms with Crippen LogP contribution in [0.2, 0.25) is 0 Å². The Morgan fingerprint density at radius 2 is 1.41 bits per heavy atom. The molecule has 0 atom stereocenters. The Bertz CT molecular complexity index is 622. The molecule has 0 aliphatic carbocycles. The van der Waals surface area contributed by atoms with Gasteiger partial charge in [0.2, 0.25) is 0 Å². The quantitative estimate of drug-likeness (QED) is 0.347. The van der Waals surface area contributed by atoms with E-state index in [0.717, 1.165) is 0 Å². The van der Waals surface area contributed by atoms with Crippen molar-refractivity contribution in [2.75, 3.05) is 7.05 Å². The van der Waals surface area contributed by atoms with Gasteiger partial charge in [-0.05, 0) is 0 Å². The van der Waals surface area contributed by atoms with Gasteiger partial charge in [0.05, 0.1) is 0 Å². The summed E-state index contributed by atoms with van der Waals surface area (Å²) in [5.41, 5.74) is 2.69. The number of fused-ring (bicyclic) bond motifs is 3. The van der Waals surface area contributed by atoms with Crippen molar-refractivity contribution in [1.29, 1.82) is 0 Å². The summed E-state index contributed by atoms with van der Waals surface area (Å²) in [6, 6.07) is 17.3. The molecule has 2 aromatic carbocycles. The molecule has 0 aliphatic rings. The average Bonchev–Trinajstić information content (AvgIpc) is 2.65. The fourth-order valence-corrected chi connectivity index (χ4v) is 4.65. The Morgan fingerprint density at radius 1 is 0.941 bits per heavy atom. The fourth-order valence-electron chi connectivity index (χ4n) is 2.08. The Hall–Kier alpha value is -0.538. The van der Waals surface area contributed by atoms with Gasteiger partial charge in [0.25, 0.3) is 0 Å². The topological polar surface area (TPSA) is 8.17 Å². The van der Waals surface area contributed by atoms with Gasteiger partial charge < -0.3 is 0 Å². The van der Waals surface area contributed by atoms with Gasteiger partial charge in [-0.25, -0.2) is 0 Å². The van der Waals surface area contributed by atoms with E-state index in [1.54, 1.807) is 0 Å². The van der Waals surface area contributed by atoms with Gasteiger partial charge in [-0.15, -0.1) is 0 Å². The molecule has 0 spiro atoms. The zero-order chi connectivity index (χ0) is 11.8. The summed E-state index contributed by atoms with van der Waals surface area (Å²) in [6.45, 7) is 0. The molecule has 17 heavy (non-hydrogen) atoms. The monoisotopic (exact) mass is 349 g/mol. The normalized spacial score (nSPS) is 11.9. The van der Waals surface area contributed by atoms with Crippen molar-refractivity contribution in [3.05, 3.63) is 48.5 Å². The number of aromatic nitrogens is 1. The number of rotatable bonds is 2. The van der Waals surface area contributed by atoms with Crippen molar-refractivity contribution in [2.45, 2.75) is 0 Å². The van der Waals surface area contributed by atoms with Gasteiger partial charge in [-0.2, -0.15) is 0 Å². The number of benzene rings is 2. The molecule has 0 N–H and O–H groups in total. The van der Waals surface area contributed by atoms with Crippen LogP contribution in [0.1, 0.15) is 0 Å². The molecule has 0 amide bonds. The van der Waals surface area contributed by atoms with E-state index in [4.69, 9.17) is 0 Å². The summed E-state index contributed by atoms with van der Waals surface area (Å²) in [5.74, 6) is 0. The predicted molar refractivity (Wildman–Crippen MR) is 68.4 cm³/mol. The standard InChI is InChI=1S/C13H11IN2.Al/c1-15-14-16-12-8-4-2-6-10(12)11-7-3-5-9-13(11)16;/h2-9H,1H3;/q-2;+1. The molecule has 84 valence electrons. The zero-order valence-electron chi connectivity index (χ0n) is 9.47. The van der Waals surface area contributed by atoms with Crippen LogP contribution >= 0.6 is 0 Å². The van der Waals surface area contributed by atoms with Crippen LogP contribution in [0, 0.1) is 0 Å². The molecule has 4 heteroatoms. The first kappa shape index (κ1) is 11.5. The first-order valence-electron chi connectivity index (χ1n) is 5.40. The molecule has 3 aromatic rings. The number of hydrogen-bond acceptors (Lipinski definition) is 1. The third kappa shape index (κ3) is 2.00. The molecular weight excluding hydrogens is 338 g/mol. The molecule has 1 aromatic heterocycles. The molecule has 0 unspecified atom stereocenters. The molecule has 1 heterocycles. The third-order valence-electron chi connectivity index (χ3n) is 2.72. The van der Waals surface area contributed by atoms with Crippen molar-refractivity contribution in [3.63, 3.8) is 0 Å². The van der Waals surface area contributed by atoms with E-state index in [0.29, 0.717) is 0 Å². The summed E-state index contributed by atoms with van der Waals surface area (Å²) in [7, 11) is 2.11. The van der Waals surface area contributed by atoms with Gasteiger partial charge >= 0.3 is 121 Å². The minimum absolute atomic E-state index is 0.187. The van der Waals surface area contributed by atoms with Gasteiger partial charge in [-0.1, -0.05) is 0 Å². The van der Waals surface area contributed by atoms with Crippen molar-refractivity contribution in [2.24, 2.45) is 0 Å². The van der Waals surface area contributed by atoms with Crippen LogP contribution in [-0.4, -0.2) is 28.4 Å². The van der Waals surface area contributed by atoms with Gasteiger partial charge in [0.15, 0.2) is 0 Å². The number of hydrogen-bond donors (Lipinski definition) is 0. The van der Waals surface area contributed by atoms with E-state index in [1.165, 1.54) is 21.8 Å². The second-order valence-electron chi connectivity index (χ2n) is 3.92. The molecule has 0 saturated carbocycles. The second-order valence-corrected chi connectivity index (χ2v) is 8.66. The SMILES string of the molecule is C[N]([Al])[I-]n1c2ccccc2c2ccccc21. The second kappa shape index (κ2) is 4.62. The molecule has 0 fully saturated rings. The van der Waals surface area contributed by atoms with Crippen LogP contribution < -0.4 is 21.8 Å². The van der Waals surface area contributed by atoms with Gasteiger partial charge in [0.1, 0.15) is 0 Å². The van der Waals surface area contributed by atoms with Crippen LogP contribution in [-0.2, 0) is 0 Å². The number of halogens is 1. The van der Waals surface area contributed by atoms with Crippen molar-refractivity contribution >= 4 is 38.3 Å². The molecule has 2 radical (unpaired) electrons. The summed E-state index contributed by atoms with van der Waals surface area (Å²) in [6.07, 6.45) is 0. The zero-order valence-corrected chi connectivity index (χ0v) is 12.8. The average molecular weight is 349 g/mol. The molecule has 2 nitrogen and oxygen atoms in total. The predicted octanol–water partition coefficient (Wildman–Crippen LogP) is -0.423. The van der Waals surface area contributed by atoms with Gasteiger partial charge in [0, 0.05) is 0 Å². The minimum atomic E-state index is -0.187. The molecule has 0 aliphatic heterocycles. The van der Waals surface area contributed by atoms with Crippen LogP contribution in [0.15, 0.2) is 48.5 Å². The summed E-state index contributed by atoms with van der Waals surface area (Å²) >= 11 is 2.58. The number of para-hydroxylation sites is 2. The van der Waals surface area contributed by atoms with E-state index >= 15 is 0 Å². The van der Waals surface area contributed by atoms with E-state index in [9.17, 15) is 0 Å². The van der Waals surface area contributed by atoms with Crippen LogP contribution in [0.5, 0.6) is 0 Å². The fraction of sp³-hybridized carbons (Fsp3) is 0.0769. The van der Waals surface area contributed by atoms with Crippen molar-refractivity contribution in [1.82, 2.24) is 4.88 Å². The van der Waals surface area contributed by atoms with E-state index in [2.05, 4.69) is 77.0 Å². The molecule has 0 saturated heterocycles. The molecular formula is C13H11AlIN2-. The summed E-state index contributed by atoms with van der Waals surface area (Å²) < 4.78 is 4.67. The van der Waals surface area contributed by atoms with Crippen molar-refractivity contribution in [3.8, 4) is 0 Å². The Morgan fingerprint density at radius 3 is 1.88 bits per heavy atom. The van der Waals surface area contributed by atoms with Crippen LogP contribution in [0.25, 0.3) is 21.8 Å². The molecule has 3 rings (SSSR count). The van der Waals surface area contributed by atoms with Crippen molar-refractivity contribution < 1.29 is 21.8 Å². The maximum atomic E-state index is 2.76. The van der Waals surface area contributed by atoms with Crippen LogP contribution in [0.3, 0.4) is 0 Å². The first-order chi connectivity index (χ1) is 8.27. The summed E-state index contributed by atoms with van der Waals surface area (Å²) in [5, 5.41) is 2.71. The Labute approximate surface area is 120 Å². The Kier molecular flexibility index (Phi) is 3.14. The maximum absolute atomic E-state index is 2.76. The third-order valence-corrected chi connectivity index (χ3v) is 5.45. The van der Waals surface area contributed by atoms with Gasteiger partial charge in [-0.3, -0.25) is 0 Å². The molecule has 0 bridgehead atoms. The van der Waals surface area contributed by atoms with E-state index < -0.39 is 0 Å². The summed E-state index contributed by atoms with van der Waals surface area (Å²) in [4.78, 5) is 0. The van der Waals surface area contributed by atoms with E-state index in [-0.39, 0.29) is 21.8 Å². The Balaban J connectivity index is 2.41. The number of nitrogens with zero attached hydrogens (tertiary/aromatic N) is 2. The van der Waals surface area contributed by atoms with Crippen LogP contribution in [0.4, 0.5) is 0 Å². The first-order valence-corrected chi connectivity index (χ1v) is 7.84.